The van der Waals surface area contributed by atoms with Crippen LogP contribution in [0.1, 0.15) is 22.3 Å². The highest BCUT2D eigenvalue weighted by Crippen LogP contribution is 2.63. The molecule has 0 unspecified atom stereocenters. The summed E-state index contributed by atoms with van der Waals surface area (Å²) in [6, 6.07) is 73.2. The van der Waals surface area contributed by atoms with E-state index in [1.165, 1.54) is 44.5 Å². The molecule has 62 heavy (non-hydrogen) atoms. The van der Waals surface area contributed by atoms with Crippen molar-refractivity contribution in [3.63, 3.8) is 0 Å². The second-order valence-electron chi connectivity index (χ2n) is 16.1. The predicted octanol–water partition coefficient (Wildman–Crippen LogP) is 13.4. The summed E-state index contributed by atoms with van der Waals surface area (Å²) in [5.74, 6) is 1.82. The number of pyridine rings is 1. The van der Waals surface area contributed by atoms with Gasteiger partial charge in [-0.3, -0.25) is 4.40 Å². The van der Waals surface area contributed by atoms with Gasteiger partial charge in [-0.15, -0.1) is 0 Å². The fourth-order valence-electron chi connectivity index (χ4n) is 10.3. The van der Waals surface area contributed by atoms with Crippen molar-refractivity contribution >= 4 is 16.4 Å². The molecule has 3 heterocycles. The number of benzene rings is 8. The number of fused-ring (bicyclic) bond motifs is 13. The topological polar surface area (TPSA) is 56.0 Å². The third kappa shape index (κ3) is 4.90. The first-order valence-corrected chi connectivity index (χ1v) is 21.1. The minimum absolute atomic E-state index is 0.485. The van der Waals surface area contributed by atoms with Crippen molar-refractivity contribution in [2.24, 2.45) is 0 Å². The Balaban J connectivity index is 1.06. The van der Waals surface area contributed by atoms with Gasteiger partial charge in [-0.1, -0.05) is 194 Å². The normalized spacial score (nSPS) is 13.0. The van der Waals surface area contributed by atoms with Gasteiger partial charge in [-0.2, -0.15) is 0 Å². The molecule has 2 aliphatic carbocycles. The average Bonchev–Trinajstić information content (AvgIpc) is 3.99. The highest BCUT2D eigenvalue weighted by atomic mass is 15.0. The molecule has 0 N–H and O–H groups in total. The lowest BCUT2D eigenvalue weighted by Gasteiger charge is -2.30. The van der Waals surface area contributed by atoms with Crippen LogP contribution in [0.3, 0.4) is 0 Å². The summed E-state index contributed by atoms with van der Waals surface area (Å²) in [5.41, 5.74) is 17.2. The molecule has 0 fully saturated rings. The van der Waals surface area contributed by atoms with Crippen molar-refractivity contribution in [1.82, 2.24) is 24.3 Å². The fourth-order valence-corrected chi connectivity index (χ4v) is 10.3. The summed E-state index contributed by atoms with van der Waals surface area (Å²) in [5, 5.41) is 2.23. The molecule has 288 valence electrons. The van der Waals surface area contributed by atoms with E-state index in [0.29, 0.717) is 17.5 Å². The third-order valence-electron chi connectivity index (χ3n) is 12.9. The Morgan fingerprint density at radius 2 is 0.839 bits per heavy atom. The lowest BCUT2D eigenvalue weighted by Crippen LogP contribution is -2.25. The van der Waals surface area contributed by atoms with Crippen molar-refractivity contribution in [1.29, 1.82) is 0 Å². The van der Waals surface area contributed by atoms with Gasteiger partial charge in [0, 0.05) is 39.4 Å². The van der Waals surface area contributed by atoms with Crippen LogP contribution in [0.25, 0.3) is 95.4 Å². The molecule has 1 spiro atoms. The zero-order valence-corrected chi connectivity index (χ0v) is 33.4. The standard InChI is InChI=1S/C57H35N5/c1-3-18-37(19-4-1)51-52(62-34-33-36-17-7-8-22-40(36)56(62)58-51)45-26-9-10-27-46(45)55-60-53(38-20-5-2-6-21-38)59-54(61-55)39-31-32-44-43-25-13-16-30-49(43)57(50(44)35-39)47-28-14-11-23-41(47)42-24-12-15-29-48(42)57/h1-35H. The number of nitrogens with zero attached hydrogens (tertiary/aromatic N) is 5. The minimum atomic E-state index is -0.485. The summed E-state index contributed by atoms with van der Waals surface area (Å²) >= 11 is 0. The molecular weight excluding hydrogens is 755 g/mol. The first-order valence-electron chi connectivity index (χ1n) is 21.1. The first kappa shape index (κ1) is 34.6. The largest absolute Gasteiger partial charge is 0.298 e. The molecule has 5 nitrogen and oxygen atoms in total. The van der Waals surface area contributed by atoms with Gasteiger partial charge in [0.2, 0.25) is 0 Å². The molecule has 11 aromatic rings. The number of imidazole rings is 1. The van der Waals surface area contributed by atoms with E-state index in [-0.39, 0.29) is 0 Å². The molecule has 0 saturated heterocycles. The molecule has 0 atom stereocenters. The van der Waals surface area contributed by atoms with Gasteiger partial charge in [-0.25, -0.2) is 19.9 Å². The number of hydrogen-bond acceptors (Lipinski definition) is 4. The van der Waals surface area contributed by atoms with E-state index in [2.05, 4.69) is 193 Å². The van der Waals surface area contributed by atoms with Crippen LogP contribution in [0.15, 0.2) is 212 Å². The second kappa shape index (κ2) is 13.4. The predicted molar refractivity (Wildman–Crippen MR) is 250 cm³/mol. The highest BCUT2D eigenvalue weighted by Gasteiger charge is 2.51. The Morgan fingerprint density at radius 1 is 0.339 bits per heavy atom. The second-order valence-corrected chi connectivity index (χ2v) is 16.1. The lowest BCUT2D eigenvalue weighted by atomic mass is 9.70. The van der Waals surface area contributed by atoms with Gasteiger partial charge in [0.15, 0.2) is 17.5 Å². The van der Waals surface area contributed by atoms with Crippen LogP contribution in [0.5, 0.6) is 0 Å². The Labute approximate surface area is 358 Å². The third-order valence-corrected chi connectivity index (χ3v) is 12.9. The van der Waals surface area contributed by atoms with Crippen molar-refractivity contribution < 1.29 is 0 Å². The molecule has 0 radical (unpaired) electrons. The van der Waals surface area contributed by atoms with Gasteiger partial charge < -0.3 is 0 Å². The Bertz CT molecular complexity index is 3530. The molecule has 0 amide bonds. The van der Waals surface area contributed by atoms with Crippen molar-refractivity contribution in [2.45, 2.75) is 5.41 Å². The van der Waals surface area contributed by atoms with Crippen LogP contribution in [-0.4, -0.2) is 24.3 Å². The maximum Gasteiger partial charge on any atom is 0.164 e. The molecule has 13 rings (SSSR count). The van der Waals surface area contributed by atoms with Gasteiger partial charge in [0.05, 0.1) is 16.8 Å². The van der Waals surface area contributed by atoms with E-state index in [4.69, 9.17) is 19.9 Å². The van der Waals surface area contributed by atoms with Gasteiger partial charge in [-0.05, 0) is 62.0 Å². The zero-order valence-electron chi connectivity index (χ0n) is 33.4. The summed E-state index contributed by atoms with van der Waals surface area (Å²) in [7, 11) is 0. The molecule has 3 aromatic heterocycles. The minimum Gasteiger partial charge on any atom is -0.298 e. The zero-order chi connectivity index (χ0) is 40.8. The Morgan fingerprint density at radius 3 is 1.50 bits per heavy atom. The molecule has 5 heteroatoms. The van der Waals surface area contributed by atoms with Gasteiger partial charge in [0.1, 0.15) is 5.65 Å². The van der Waals surface area contributed by atoms with E-state index >= 15 is 0 Å². The van der Waals surface area contributed by atoms with E-state index < -0.39 is 5.41 Å². The number of aromatic nitrogens is 5. The summed E-state index contributed by atoms with van der Waals surface area (Å²) < 4.78 is 2.22. The Hall–Kier alpha value is -8.28. The van der Waals surface area contributed by atoms with Crippen molar-refractivity contribution in [2.75, 3.05) is 0 Å². The van der Waals surface area contributed by atoms with Crippen molar-refractivity contribution in [3.05, 3.63) is 235 Å². The number of hydrogen-bond donors (Lipinski definition) is 0. The lowest BCUT2D eigenvalue weighted by molar-refractivity contribution is 0.794. The summed E-state index contributed by atoms with van der Waals surface area (Å²) in [4.78, 5) is 21.4. The smallest absolute Gasteiger partial charge is 0.164 e. The van der Waals surface area contributed by atoms with Crippen LogP contribution in [0.2, 0.25) is 0 Å². The van der Waals surface area contributed by atoms with Crippen LogP contribution >= 0.6 is 0 Å². The fraction of sp³-hybridized carbons (Fsp3) is 0.0175. The van der Waals surface area contributed by atoms with E-state index in [1.807, 2.05) is 24.3 Å². The van der Waals surface area contributed by atoms with Crippen LogP contribution in [0, 0.1) is 0 Å². The molecule has 2 aliphatic rings. The molecule has 0 saturated carbocycles. The van der Waals surface area contributed by atoms with Gasteiger partial charge in [0.25, 0.3) is 0 Å². The van der Waals surface area contributed by atoms with Crippen molar-refractivity contribution in [3.8, 4) is 78.9 Å². The molecule has 0 aliphatic heterocycles. The van der Waals surface area contributed by atoms with Gasteiger partial charge >= 0.3 is 0 Å². The van der Waals surface area contributed by atoms with Crippen LogP contribution < -0.4 is 0 Å². The highest BCUT2D eigenvalue weighted by molar-refractivity contribution is 5.99. The maximum absolute atomic E-state index is 5.43. The average molecular weight is 790 g/mol. The first-order chi connectivity index (χ1) is 30.8. The SMILES string of the molecule is c1ccc(-c2nc(-c3ccc4c(c3)C3(c5ccccc5-c5ccccc53)c3ccccc3-4)nc(-c3ccccc3-c3c(-c4ccccc4)nc4c5ccccc5ccn34)n2)cc1. The summed E-state index contributed by atoms with van der Waals surface area (Å²) in [6.45, 7) is 0. The van der Waals surface area contributed by atoms with E-state index in [1.54, 1.807) is 0 Å². The quantitative estimate of drug-likeness (QED) is 0.174. The molecule has 0 bridgehead atoms. The monoisotopic (exact) mass is 789 g/mol. The van der Waals surface area contributed by atoms with E-state index in [0.717, 1.165) is 55.6 Å². The summed E-state index contributed by atoms with van der Waals surface area (Å²) in [6.07, 6.45) is 2.13. The maximum atomic E-state index is 5.43. The van der Waals surface area contributed by atoms with Crippen LogP contribution in [-0.2, 0) is 5.41 Å². The molecular formula is C57H35N5. The van der Waals surface area contributed by atoms with Crippen LogP contribution in [0.4, 0.5) is 0 Å². The number of rotatable bonds is 5. The molecule has 8 aromatic carbocycles. The Kier molecular flexibility index (Phi) is 7.45. The van der Waals surface area contributed by atoms with E-state index in [9.17, 15) is 0 Å².